The van der Waals surface area contributed by atoms with Gasteiger partial charge in [-0.15, -0.1) is 0 Å². The first-order chi connectivity index (χ1) is 9.83. The summed E-state index contributed by atoms with van der Waals surface area (Å²) < 4.78 is 5.99. The molecule has 20 heavy (non-hydrogen) atoms. The van der Waals surface area contributed by atoms with E-state index in [1.54, 1.807) is 0 Å². The highest BCUT2D eigenvalue weighted by molar-refractivity contribution is 6.30. The quantitative estimate of drug-likeness (QED) is 0.921. The SMILES string of the molecule is Clc1cccc(-c2ccccc2CO[C@H]2CCNC2)c1. The van der Waals surface area contributed by atoms with Gasteiger partial charge in [0.2, 0.25) is 0 Å². The summed E-state index contributed by atoms with van der Waals surface area (Å²) in [4.78, 5) is 0. The van der Waals surface area contributed by atoms with E-state index in [4.69, 9.17) is 16.3 Å². The third kappa shape index (κ3) is 3.21. The van der Waals surface area contributed by atoms with E-state index in [-0.39, 0.29) is 0 Å². The van der Waals surface area contributed by atoms with Crippen molar-refractivity contribution in [2.75, 3.05) is 13.1 Å². The number of hydrogen-bond donors (Lipinski definition) is 1. The molecule has 1 aliphatic rings. The van der Waals surface area contributed by atoms with Crippen molar-refractivity contribution in [2.24, 2.45) is 0 Å². The second-order valence-corrected chi connectivity index (χ2v) is 5.53. The molecule has 0 spiro atoms. The van der Waals surface area contributed by atoms with Crippen LogP contribution >= 0.6 is 11.6 Å². The number of ether oxygens (including phenoxy) is 1. The standard InChI is InChI=1S/C17H18ClNO/c18-15-6-3-5-13(10-15)17-7-2-1-4-14(17)12-20-16-8-9-19-11-16/h1-7,10,16,19H,8-9,11-12H2/t16-/m0/s1. The van der Waals surface area contributed by atoms with Crippen LogP contribution in [0.15, 0.2) is 48.5 Å². The summed E-state index contributed by atoms with van der Waals surface area (Å²) >= 11 is 6.09. The van der Waals surface area contributed by atoms with Crippen molar-refractivity contribution >= 4 is 11.6 Å². The molecule has 0 aliphatic carbocycles. The minimum absolute atomic E-state index is 0.336. The zero-order valence-electron chi connectivity index (χ0n) is 11.3. The molecule has 1 heterocycles. The molecule has 0 bridgehead atoms. The summed E-state index contributed by atoms with van der Waals surface area (Å²) in [6, 6.07) is 16.3. The molecular formula is C17H18ClNO. The molecule has 3 heteroatoms. The van der Waals surface area contributed by atoms with E-state index < -0.39 is 0 Å². The zero-order valence-corrected chi connectivity index (χ0v) is 12.1. The van der Waals surface area contributed by atoms with Gasteiger partial charge in [0.25, 0.3) is 0 Å². The van der Waals surface area contributed by atoms with Crippen molar-refractivity contribution in [3.63, 3.8) is 0 Å². The molecule has 0 aromatic heterocycles. The van der Waals surface area contributed by atoms with Gasteiger partial charge in [-0.25, -0.2) is 0 Å². The lowest BCUT2D eigenvalue weighted by Crippen LogP contribution is -2.16. The van der Waals surface area contributed by atoms with Gasteiger partial charge in [-0.1, -0.05) is 48.0 Å². The summed E-state index contributed by atoms with van der Waals surface area (Å²) in [7, 11) is 0. The Balaban J connectivity index is 1.80. The molecule has 3 rings (SSSR count). The number of benzene rings is 2. The topological polar surface area (TPSA) is 21.3 Å². The van der Waals surface area contributed by atoms with E-state index in [2.05, 4.69) is 35.6 Å². The van der Waals surface area contributed by atoms with Crippen LogP contribution in [0.25, 0.3) is 11.1 Å². The van der Waals surface area contributed by atoms with Crippen LogP contribution in [0.3, 0.4) is 0 Å². The predicted octanol–water partition coefficient (Wildman–Crippen LogP) is 3.89. The maximum atomic E-state index is 6.09. The first-order valence-electron chi connectivity index (χ1n) is 6.99. The van der Waals surface area contributed by atoms with Crippen LogP contribution in [0.4, 0.5) is 0 Å². The molecule has 1 atom stereocenters. The van der Waals surface area contributed by atoms with E-state index >= 15 is 0 Å². The third-order valence-electron chi connectivity index (χ3n) is 3.64. The highest BCUT2D eigenvalue weighted by atomic mass is 35.5. The van der Waals surface area contributed by atoms with Crippen LogP contribution in [-0.2, 0) is 11.3 Å². The molecule has 1 saturated heterocycles. The molecule has 2 aromatic carbocycles. The summed E-state index contributed by atoms with van der Waals surface area (Å²) in [5.74, 6) is 0. The van der Waals surface area contributed by atoms with Crippen molar-refractivity contribution in [1.82, 2.24) is 5.32 Å². The molecule has 1 N–H and O–H groups in total. The lowest BCUT2D eigenvalue weighted by molar-refractivity contribution is 0.0545. The van der Waals surface area contributed by atoms with Crippen molar-refractivity contribution in [3.8, 4) is 11.1 Å². The van der Waals surface area contributed by atoms with Crippen molar-refractivity contribution in [1.29, 1.82) is 0 Å². The Labute approximate surface area is 124 Å². The maximum Gasteiger partial charge on any atom is 0.0727 e. The molecule has 0 amide bonds. The van der Waals surface area contributed by atoms with E-state index in [9.17, 15) is 0 Å². The Morgan fingerprint density at radius 1 is 1.15 bits per heavy atom. The van der Waals surface area contributed by atoms with E-state index in [0.717, 1.165) is 30.1 Å². The molecule has 0 saturated carbocycles. The first-order valence-corrected chi connectivity index (χ1v) is 7.37. The lowest BCUT2D eigenvalue weighted by Gasteiger charge is -2.14. The van der Waals surface area contributed by atoms with Gasteiger partial charge in [-0.05, 0) is 41.8 Å². The first kappa shape index (κ1) is 13.6. The molecule has 0 radical (unpaired) electrons. The van der Waals surface area contributed by atoms with Gasteiger partial charge in [0, 0.05) is 11.6 Å². The molecule has 104 valence electrons. The number of halogens is 1. The monoisotopic (exact) mass is 287 g/mol. The van der Waals surface area contributed by atoms with Crippen molar-refractivity contribution < 1.29 is 4.74 Å². The Bertz CT molecular complexity index is 579. The lowest BCUT2D eigenvalue weighted by atomic mass is 10.0. The van der Waals surface area contributed by atoms with Crippen LogP contribution < -0.4 is 5.32 Å². The smallest absolute Gasteiger partial charge is 0.0727 e. The maximum absolute atomic E-state index is 6.09. The minimum Gasteiger partial charge on any atom is -0.372 e. The highest BCUT2D eigenvalue weighted by Crippen LogP contribution is 2.27. The van der Waals surface area contributed by atoms with Gasteiger partial charge in [0.1, 0.15) is 0 Å². The molecular weight excluding hydrogens is 270 g/mol. The van der Waals surface area contributed by atoms with Gasteiger partial charge >= 0.3 is 0 Å². The average Bonchev–Trinajstić information content (AvgIpc) is 2.99. The summed E-state index contributed by atoms with van der Waals surface area (Å²) in [5.41, 5.74) is 3.55. The fourth-order valence-electron chi connectivity index (χ4n) is 2.56. The molecule has 0 unspecified atom stereocenters. The van der Waals surface area contributed by atoms with E-state index in [1.165, 1.54) is 11.1 Å². The van der Waals surface area contributed by atoms with Crippen LogP contribution in [0, 0.1) is 0 Å². The second-order valence-electron chi connectivity index (χ2n) is 5.09. The molecule has 2 aromatic rings. The second kappa shape index (κ2) is 6.40. The summed E-state index contributed by atoms with van der Waals surface area (Å²) in [5, 5.41) is 4.08. The highest BCUT2D eigenvalue weighted by Gasteiger charge is 2.15. The largest absolute Gasteiger partial charge is 0.372 e. The Kier molecular flexibility index (Phi) is 4.36. The minimum atomic E-state index is 0.336. The van der Waals surface area contributed by atoms with Crippen LogP contribution in [0.1, 0.15) is 12.0 Å². The van der Waals surface area contributed by atoms with Crippen LogP contribution in [0.5, 0.6) is 0 Å². The van der Waals surface area contributed by atoms with Crippen LogP contribution in [-0.4, -0.2) is 19.2 Å². The Morgan fingerprint density at radius 2 is 2.05 bits per heavy atom. The number of rotatable bonds is 4. The van der Waals surface area contributed by atoms with Crippen molar-refractivity contribution in [2.45, 2.75) is 19.1 Å². The Morgan fingerprint density at radius 3 is 2.85 bits per heavy atom. The van der Waals surface area contributed by atoms with E-state index in [1.807, 2.05) is 18.2 Å². The molecule has 2 nitrogen and oxygen atoms in total. The normalized spacial score (nSPS) is 18.4. The van der Waals surface area contributed by atoms with Crippen LogP contribution in [0.2, 0.25) is 5.02 Å². The van der Waals surface area contributed by atoms with Gasteiger partial charge in [-0.3, -0.25) is 0 Å². The fourth-order valence-corrected chi connectivity index (χ4v) is 2.75. The molecule has 1 fully saturated rings. The van der Waals surface area contributed by atoms with Gasteiger partial charge in [0.15, 0.2) is 0 Å². The number of hydrogen-bond acceptors (Lipinski definition) is 2. The third-order valence-corrected chi connectivity index (χ3v) is 3.88. The van der Waals surface area contributed by atoms with Gasteiger partial charge in [-0.2, -0.15) is 0 Å². The molecule has 1 aliphatic heterocycles. The zero-order chi connectivity index (χ0) is 13.8. The predicted molar refractivity (Wildman–Crippen MR) is 83.0 cm³/mol. The number of nitrogens with one attached hydrogen (secondary N) is 1. The Hall–Kier alpha value is -1.35. The van der Waals surface area contributed by atoms with Gasteiger partial charge in [0.05, 0.1) is 12.7 Å². The van der Waals surface area contributed by atoms with E-state index in [0.29, 0.717) is 12.7 Å². The van der Waals surface area contributed by atoms with Crippen molar-refractivity contribution in [3.05, 3.63) is 59.1 Å². The summed E-state index contributed by atoms with van der Waals surface area (Å²) in [6.45, 7) is 2.66. The van der Waals surface area contributed by atoms with Gasteiger partial charge < -0.3 is 10.1 Å². The average molecular weight is 288 g/mol. The summed E-state index contributed by atoms with van der Waals surface area (Å²) in [6.07, 6.45) is 1.43. The fraction of sp³-hybridized carbons (Fsp3) is 0.294.